The minimum atomic E-state index is 0. The van der Waals surface area contributed by atoms with Gasteiger partial charge in [0, 0.05) is 18.2 Å². The molecule has 1 aliphatic rings. The molecule has 26 heavy (non-hydrogen) atoms. The summed E-state index contributed by atoms with van der Waals surface area (Å²) in [6.07, 6.45) is 5.99. The van der Waals surface area contributed by atoms with Crippen molar-refractivity contribution >= 4 is 30.5 Å². The Morgan fingerprint density at radius 3 is 2.54 bits per heavy atom. The van der Waals surface area contributed by atoms with Gasteiger partial charge in [0.05, 0.1) is 6.61 Å². The molecular weight excluding hydrogens is 367 g/mol. The van der Waals surface area contributed by atoms with Crippen molar-refractivity contribution in [3.8, 4) is 5.75 Å². The van der Waals surface area contributed by atoms with Crippen molar-refractivity contribution in [2.24, 2.45) is 5.92 Å². The van der Waals surface area contributed by atoms with E-state index in [0.29, 0.717) is 12.5 Å². The third-order valence-corrected chi connectivity index (χ3v) is 4.77. The monoisotopic (exact) mass is 396 g/mol. The summed E-state index contributed by atoms with van der Waals surface area (Å²) in [5.41, 5.74) is 11.0. The number of halogens is 2. The van der Waals surface area contributed by atoms with Gasteiger partial charge in [-0.25, -0.2) is 0 Å². The summed E-state index contributed by atoms with van der Waals surface area (Å²) >= 11 is 0. The van der Waals surface area contributed by atoms with Crippen LogP contribution < -0.4 is 15.8 Å². The van der Waals surface area contributed by atoms with E-state index in [9.17, 15) is 0 Å². The minimum absolute atomic E-state index is 0. The Morgan fingerprint density at radius 1 is 1.04 bits per heavy atom. The van der Waals surface area contributed by atoms with Gasteiger partial charge < -0.3 is 15.8 Å². The fourth-order valence-electron chi connectivity index (χ4n) is 3.55. The van der Waals surface area contributed by atoms with Crippen molar-refractivity contribution in [2.45, 2.75) is 32.1 Å². The van der Waals surface area contributed by atoms with E-state index < -0.39 is 0 Å². The third kappa shape index (κ3) is 6.39. The molecule has 5 heteroatoms. The van der Waals surface area contributed by atoms with Gasteiger partial charge in [-0.2, -0.15) is 0 Å². The molecule has 3 nitrogen and oxygen atoms in total. The number of hydrogen-bond donors (Lipinski definition) is 2. The lowest BCUT2D eigenvalue weighted by Gasteiger charge is -2.20. The Labute approximate surface area is 169 Å². The van der Waals surface area contributed by atoms with Crippen LogP contribution in [0, 0.1) is 5.92 Å². The largest absolute Gasteiger partial charge is 0.493 e. The van der Waals surface area contributed by atoms with Crippen LogP contribution in [0.2, 0.25) is 0 Å². The summed E-state index contributed by atoms with van der Waals surface area (Å²) in [6.45, 7) is 1.65. The predicted molar refractivity (Wildman–Crippen MR) is 115 cm³/mol. The fraction of sp³-hybridized carbons (Fsp3) is 0.429. The van der Waals surface area contributed by atoms with Gasteiger partial charge in [-0.05, 0) is 80.1 Å². The van der Waals surface area contributed by atoms with Gasteiger partial charge in [-0.15, -0.1) is 24.8 Å². The van der Waals surface area contributed by atoms with Crippen molar-refractivity contribution in [2.75, 3.05) is 25.9 Å². The Kier molecular flexibility index (Phi) is 9.85. The molecule has 3 rings (SSSR count). The van der Waals surface area contributed by atoms with Crippen LogP contribution in [0.4, 0.5) is 5.69 Å². The van der Waals surface area contributed by atoms with Crippen molar-refractivity contribution in [1.82, 2.24) is 5.32 Å². The number of benzene rings is 2. The second-order valence-electron chi connectivity index (χ2n) is 6.82. The molecule has 0 aromatic heterocycles. The first-order valence-corrected chi connectivity index (χ1v) is 8.98. The Morgan fingerprint density at radius 2 is 1.81 bits per heavy atom. The number of aryl methyl sites for hydroxylation is 2. The predicted octanol–water partition coefficient (Wildman–Crippen LogP) is 4.45. The lowest BCUT2D eigenvalue weighted by Crippen LogP contribution is -2.26. The highest BCUT2D eigenvalue weighted by Gasteiger charge is 2.13. The van der Waals surface area contributed by atoms with E-state index in [1.165, 1.54) is 42.4 Å². The van der Waals surface area contributed by atoms with Crippen LogP contribution in [0.15, 0.2) is 42.5 Å². The van der Waals surface area contributed by atoms with Crippen LogP contribution in [0.3, 0.4) is 0 Å². The number of hydrogen-bond acceptors (Lipinski definition) is 3. The van der Waals surface area contributed by atoms with Crippen LogP contribution in [0.1, 0.15) is 29.5 Å². The molecule has 2 aromatic carbocycles. The van der Waals surface area contributed by atoms with Crippen molar-refractivity contribution in [3.63, 3.8) is 0 Å². The third-order valence-electron chi connectivity index (χ3n) is 4.77. The number of anilines is 1. The van der Waals surface area contributed by atoms with E-state index in [2.05, 4.69) is 35.6 Å². The second kappa shape index (κ2) is 11.3. The number of fused-ring (bicyclic) bond motifs is 1. The highest BCUT2D eigenvalue weighted by molar-refractivity contribution is 5.85. The summed E-state index contributed by atoms with van der Waals surface area (Å²) in [5, 5.41) is 3.28. The first-order valence-electron chi connectivity index (χ1n) is 8.98. The highest BCUT2D eigenvalue weighted by atomic mass is 35.5. The molecule has 0 spiro atoms. The van der Waals surface area contributed by atoms with Gasteiger partial charge in [-0.3, -0.25) is 0 Å². The maximum absolute atomic E-state index is 6.12. The van der Waals surface area contributed by atoms with Crippen molar-refractivity contribution < 1.29 is 4.74 Å². The fourth-order valence-corrected chi connectivity index (χ4v) is 3.55. The average molecular weight is 397 g/mol. The standard InChI is InChI=1S/C21H28N2O.2ClH/c1-23-14-17(11-16-5-4-8-20(22)12-16)15-24-21-10-9-18-6-2-3-7-19(18)13-21;;/h4-5,8-10,12-13,17,23H,2-3,6-7,11,14-15,22H2,1H3;2*1H. The zero-order valence-corrected chi connectivity index (χ0v) is 17.0. The topological polar surface area (TPSA) is 47.3 Å². The average Bonchev–Trinajstić information content (AvgIpc) is 2.60. The molecule has 0 radical (unpaired) electrons. The van der Waals surface area contributed by atoms with Crippen molar-refractivity contribution in [3.05, 3.63) is 59.2 Å². The van der Waals surface area contributed by atoms with Gasteiger partial charge in [0.15, 0.2) is 0 Å². The van der Waals surface area contributed by atoms with Crippen LogP contribution in [0.5, 0.6) is 5.75 Å². The molecule has 3 N–H and O–H groups in total. The molecule has 0 aliphatic heterocycles. The minimum Gasteiger partial charge on any atom is -0.493 e. The van der Waals surface area contributed by atoms with Gasteiger partial charge >= 0.3 is 0 Å². The lowest BCUT2D eigenvalue weighted by molar-refractivity contribution is 0.245. The number of rotatable bonds is 7. The number of nitrogen functional groups attached to an aromatic ring is 1. The van der Waals surface area contributed by atoms with E-state index in [1.807, 2.05) is 19.2 Å². The molecule has 1 unspecified atom stereocenters. The van der Waals surface area contributed by atoms with E-state index in [4.69, 9.17) is 10.5 Å². The summed E-state index contributed by atoms with van der Waals surface area (Å²) < 4.78 is 6.12. The van der Waals surface area contributed by atoms with Gasteiger partial charge in [-0.1, -0.05) is 18.2 Å². The molecule has 2 aromatic rings. The van der Waals surface area contributed by atoms with Crippen LogP contribution in [-0.4, -0.2) is 20.2 Å². The smallest absolute Gasteiger partial charge is 0.119 e. The Hall–Kier alpha value is -1.42. The molecule has 0 fully saturated rings. The normalized spacial score (nSPS) is 13.7. The summed E-state index contributed by atoms with van der Waals surface area (Å²) in [4.78, 5) is 0. The molecule has 0 bridgehead atoms. The van der Waals surface area contributed by atoms with E-state index >= 15 is 0 Å². The zero-order valence-electron chi connectivity index (χ0n) is 15.4. The number of nitrogens with two attached hydrogens (primary N) is 1. The van der Waals surface area contributed by atoms with Gasteiger partial charge in [0.25, 0.3) is 0 Å². The van der Waals surface area contributed by atoms with E-state index in [1.54, 1.807) is 0 Å². The van der Waals surface area contributed by atoms with Crippen LogP contribution in [-0.2, 0) is 19.3 Å². The maximum Gasteiger partial charge on any atom is 0.119 e. The van der Waals surface area contributed by atoms with E-state index in [0.717, 1.165) is 24.4 Å². The molecule has 0 amide bonds. The Balaban J connectivity index is 0.00000169. The van der Waals surface area contributed by atoms with E-state index in [-0.39, 0.29) is 24.8 Å². The molecule has 0 saturated heterocycles. The quantitative estimate of drug-likeness (QED) is 0.679. The lowest BCUT2D eigenvalue weighted by atomic mass is 9.92. The van der Waals surface area contributed by atoms with Crippen molar-refractivity contribution in [1.29, 1.82) is 0 Å². The number of ether oxygens (including phenoxy) is 1. The van der Waals surface area contributed by atoms with Gasteiger partial charge in [0.2, 0.25) is 0 Å². The molecule has 0 heterocycles. The van der Waals surface area contributed by atoms with Crippen LogP contribution in [0.25, 0.3) is 0 Å². The first-order chi connectivity index (χ1) is 11.7. The summed E-state index contributed by atoms with van der Waals surface area (Å²) in [6, 6.07) is 14.8. The maximum atomic E-state index is 6.12. The molecule has 1 atom stereocenters. The van der Waals surface area contributed by atoms with Gasteiger partial charge in [0.1, 0.15) is 5.75 Å². The molecule has 1 aliphatic carbocycles. The molecule has 0 saturated carbocycles. The Bertz CT molecular complexity index is 679. The molecule has 144 valence electrons. The van der Waals surface area contributed by atoms with Crippen LogP contribution >= 0.6 is 24.8 Å². The highest BCUT2D eigenvalue weighted by Crippen LogP contribution is 2.25. The molecular formula is C21H30Cl2N2O. The number of nitrogens with one attached hydrogen (secondary N) is 1. The SMILES string of the molecule is CNCC(COc1ccc2c(c1)CCCC2)Cc1cccc(N)c1.Cl.Cl. The zero-order chi connectivity index (χ0) is 16.8. The summed E-state index contributed by atoms with van der Waals surface area (Å²) in [7, 11) is 1.99. The first kappa shape index (κ1) is 22.6. The summed E-state index contributed by atoms with van der Waals surface area (Å²) in [5.74, 6) is 1.43. The second-order valence-corrected chi connectivity index (χ2v) is 6.82.